The first-order valence-corrected chi connectivity index (χ1v) is 11.4. The topological polar surface area (TPSA) is 38.7 Å². The first kappa shape index (κ1) is 18.6. The molecule has 5 aliphatic rings. The molecule has 4 unspecified atom stereocenters. The van der Waals surface area contributed by atoms with Crippen LogP contribution in [0.1, 0.15) is 72.6 Å². The van der Waals surface area contributed by atoms with Crippen LogP contribution in [0.5, 0.6) is 0 Å². The van der Waals surface area contributed by atoms with Gasteiger partial charge in [0.05, 0.1) is 18.3 Å². The summed E-state index contributed by atoms with van der Waals surface area (Å²) in [5.74, 6) is 2.59. The summed E-state index contributed by atoms with van der Waals surface area (Å²) in [4.78, 5) is 0. The maximum Gasteiger partial charge on any atom is 0.163 e. The molecule has 5 fully saturated rings. The normalized spacial score (nSPS) is 58.7. The van der Waals surface area contributed by atoms with E-state index in [1.165, 1.54) is 25.7 Å². The number of aliphatic hydroxyl groups excluding tert-OH is 1. The third-order valence-electron chi connectivity index (χ3n) is 9.87. The lowest BCUT2D eigenvalue weighted by Gasteiger charge is -2.63. The van der Waals surface area contributed by atoms with Crippen LogP contribution in [0.2, 0.25) is 0 Å². The lowest BCUT2D eigenvalue weighted by Crippen LogP contribution is -2.63. The van der Waals surface area contributed by atoms with Gasteiger partial charge in [0.1, 0.15) is 0 Å². The van der Waals surface area contributed by atoms with Crippen LogP contribution in [0.25, 0.3) is 0 Å². The van der Waals surface area contributed by atoms with Gasteiger partial charge in [-0.2, -0.15) is 0 Å². The molecule has 0 aromatic rings. The zero-order valence-electron chi connectivity index (χ0n) is 17.6. The molecule has 1 saturated heterocycles. The summed E-state index contributed by atoms with van der Waals surface area (Å²) in [6, 6.07) is 0. The Morgan fingerprint density at radius 2 is 1.52 bits per heavy atom. The van der Waals surface area contributed by atoms with Gasteiger partial charge in [-0.1, -0.05) is 19.9 Å². The van der Waals surface area contributed by atoms with Crippen LogP contribution in [0, 0.1) is 40.4 Å². The number of rotatable bonds is 1. The van der Waals surface area contributed by atoms with Crippen molar-refractivity contribution < 1.29 is 14.6 Å². The molecule has 152 valence electrons. The minimum atomic E-state index is -0.502. The number of ether oxygens (including phenoxy) is 2. The second kappa shape index (κ2) is 5.83. The number of hydrogen-bond donors (Lipinski definition) is 1. The minimum Gasteiger partial charge on any atom is -0.393 e. The van der Waals surface area contributed by atoms with Gasteiger partial charge in [0.15, 0.2) is 5.79 Å². The smallest absolute Gasteiger partial charge is 0.163 e. The van der Waals surface area contributed by atoms with E-state index in [-0.39, 0.29) is 23.7 Å². The van der Waals surface area contributed by atoms with Gasteiger partial charge >= 0.3 is 0 Å². The van der Waals surface area contributed by atoms with Crippen molar-refractivity contribution in [1.29, 1.82) is 0 Å². The summed E-state index contributed by atoms with van der Waals surface area (Å²) >= 11 is 0. The Hall–Kier alpha value is -0.380. The molecule has 4 saturated carbocycles. The molecule has 0 amide bonds. The van der Waals surface area contributed by atoms with Gasteiger partial charge in [-0.05, 0) is 99.2 Å². The van der Waals surface area contributed by atoms with E-state index in [4.69, 9.17) is 9.47 Å². The average Bonchev–Trinajstić information content (AvgIpc) is 3.11. The van der Waals surface area contributed by atoms with Crippen LogP contribution >= 0.6 is 0 Å². The highest BCUT2D eigenvalue weighted by atomic mass is 16.8. The largest absolute Gasteiger partial charge is 0.393 e. The zero-order chi connectivity index (χ0) is 19.2. The van der Waals surface area contributed by atoms with E-state index in [9.17, 15) is 5.11 Å². The molecular formula is C24H38O3. The fourth-order valence-electron chi connectivity index (χ4n) is 8.59. The molecule has 0 aromatic carbocycles. The van der Waals surface area contributed by atoms with Crippen molar-refractivity contribution >= 4 is 0 Å². The quantitative estimate of drug-likeness (QED) is 0.661. The van der Waals surface area contributed by atoms with E-state index < -0.39 is 5.79 Å². The molecule has 3 heteroatoms. The number of aliphatic hydroxyl groups is 1. The summed E-state index contributed by atoms with van der Waals surface area (Å²) < 4.78 is 13.2. The van der Waals surface area contributed by atoms with Crippen molar-refractivity contribution in [2.75, 3.05) is 0 Å². The highest BCUT2D eigenvalue weighted by Gasteiger charge is 2.68. The van der Waals surface area contributed by atoms with Crippen LogP contribution in [0.15, 0.2) is 12.7 Å². The summed E-state index contributed by atoms with van der Waals surface area (Å²) in [6.07, 6.45) is 10.6. The van der Waals surface area contributed by atoms with Gasteiger partial charge in [0, 0.05) is 0 Å². The number of allylic oxidation sites excluding steroid dienone is 1. The van der Waals surface area contributed by atoms with Crippen molar-refractivity contribution in [3.8, 4) is 0 Å². The maximum atomic E-state index is 10.5. The predicted octanol–water partition coefficient (Wildman–Crippen LogP) is 4.93. The molecule has 27 heavy (non-hydrogen) atoms. The molecule has 4 aliphatic carbocycles. The Balaban J connectivity index is 1.58. The molecule has 1 aliphatic heterocycles. The van der Waals surface area contributed by atoms with Gasteiger partial charge < -0.3 is 14.6 Å². The molecule has 0 aromatic heterocycles. The van der Waals surface area contributed by atoms with Gasteiger partial charge in [-0.25, -0.2) is 0 Å². The van der Waals surface area contributed by atoms with Crippen molar-refractivity contribution in [1.82, 2.24) is 0 Å². The van der Waals surface area contributed by atoms with Gasteiger partial charge in [0.25, 0.3) is 0 Å². The van der Waals surface area contributed by atoms with Crippen LogP contribution in [-0.4, -0.2) is 29.2 Å². The molecule has 1 N–H and O–H groups in total. The second-order valence-electron chi connectivity index (χ2n) is 11.4. The van der Waals surface area contributed by atoms with Crippen molar-refractivity contribution in [2.24, 2.45) is 40.4 Å². The third-order valence-corrected chi connectivity index (χ3v) is 9.87. The standard InChI is InChI=1S/C24H38O3/c1-6-14-7-8-16-19-17(10-12-23(14,16)4)24(5)11-9-15(25)13-18(24)20-21(19)27-22(2,3)26-20/h6,14-21,25H,1,7-13H2,2-5H3/t14-,15+,16?,17?,18?,19?,20+,21+,23+,24+/m0/s1. The van der Waals surface area contributed by atoms with Crippen LogP contribution in [0.3, 0.4) is 0 Å². The van der Waals surface area contributed by atoms with E-state index in [1.54, 1.807) is 0 Å². The minimum absolute atomic E-state index is 0.145. The molecule has 0 radical (unpaired) electrons. The average molecular weight is 375 g/mol. The molecule has 0 bridgehead atoms. The highest BCUT2D eigenvalue weighted by Crippen LogP contribution is 2.69. The summed E-state index contributed by atoms with van der Waals surface area (Å²) in [6.45, 7) is 13.4. The Morgan fingerprint density at radius 1 is 0.852 bits per heavy atom. The number of hydrogen-bond acceptors (Lipinski definition) is 3. The van der Waals surface area contributed by atoms with E-state index in [0.717, 1.165) is 19.3 Å². The molecule has 10 atom stereocenters. The van der Waals surface area contributed by atoms with Gasteiger partial charge in [-0.15, -0.1) is 6.58 Å². The monoisotopic (exact) mass is 374 g/mol. The van der Waals surface area contributed by atoms with Crippen molar-refractivity contribution in [3.63, 3.8) is 0 Å². The Morgan fingerprint density at radius 3 is 2.26 bits per heavy atom. The molecule has 3 nitrogen and oxygen atoms in total. The lowest BCUT2D eigenvalue weighted by molar-refractivity contribution is -0.187. The fraction of sp³-hybridized carbons (Fsp3) is 0.917. The Labute approximate surface area is 164 Å². The SMILES string of the molecule is C=C[C@H]1CCC2C3C(CC[C@@]21C)[C@@]1(C)CC[C@@H](O)CC1[C@H]1OC(C)(C)O[C@H]31. The lowest BCUT2D eigenvalue weighted by atomic mass is 9.43. The Bertz CT molecular complexity index is 629. The number of fused-ring (bicyclic) bond motifs is 8. The molecular weight excluding hydrogens is 336 g/mol. The molecule has 1 heterocycles. The van der Waals surface area contributed by atoms with Crippen LogP contribution < -0.4 is 0 Å². The second-order valence-corrected chi connectivity index (χ2v) is 11.4. The van der Waals surface area contributed by atoms with Gasteiger partial charge in [-0.3, -0.25) is 0 Å². The van der Waals surface area contributed by atoms with Crippen LogP contribution in [-0.2, 0) is 9.47 Å². The third kappa shape index (κ3) is 2.43. The predicted molar refractivity (Wildman–Crippen MR) is 106 cm³/mol. The van der Waals surface area contributed by atoms with E-state index in [1.807, 2.05) is 0 Å². The Kier molecular flexibility index (Phi) is 4.02. The zero-order valence-corrected chi connectivity index (χ0v) is 17.6. The first-order chi connectivity index (χ1) is 12.7. The van der Waals surface area contributed by atoms with E-state index >= 15 is 0 Å². The van der Waals surface area contributed by atoms with E-state index in [0.29, 0.717) is 35.0 Å². The molecule has 0 spiro atoms. The summed E-state index contributed by atoms with van der Waals surface area (Å²) in [7, 11) is 0. The van der Waals surface area contributed by atoms with Crippen molar-refractivity contribution in [3.05, 3.63) is 12.7 Å². The van der Waals surface area contributed by atoms with Crippen LogP contribution in [0.4, 0.5) is 0 Å². The van der Waals surface area contributed by atoms with Crippen molar-refractivity contribution in [2.45, 2.75) is 96.7 Å². The summed E-state index contributed by atoms with van der Waals surface area (Å²) in [5.41, 5.74) is 0.656. The summed E-state index contributed by atoms with van der Waals surface area (Å²) in [5, 5.41) is 10.5. The fourth-order valence-corrected chi connectivity index (χ4v) is 8.59. The first-order valence-electron chi connectivity index (χ1n) is 11.4. The van der Waals surface area contributed by atoms with Gasteiger partial charge in [0.2, 0.25) is 0 Å². The molecule has 5 rings (SSSR count). The van der Waals surface area contributed by atoms with E-state index in [2.05, 4.69) is 40.3 Å². The maximum absolute atomic E-state index is 10.5. The highest BCUT2D eigenvalue weighted by molar-refractivity contribution is 5.16.